The monoisotopic (exact) mass is 295 g/mol. The summed E-state index contributed by atoms with van der Waals surface area (Å²) < 4.78 is 26.1. The van der Waals surface area contributed by atoms with Crippen LogP contribution in [0.1, 0.15) is 16.1 Å². The summed E-state index contributed by atoms with van der Waals surface area (Å²) in [6, 6.07) is 1.03. The number of nitrogens with zero attached hydrogens (tertiary/aromatic N) is 1. The van der Waals surface area contributed by atoms with E-state index in [9.17, 15) is 18.4 Å². The number of carbonyl (C=O) groups excluding carboxylic acids is 1. The molecular formula is C13H11F2N3O3. The zero-order valence-electron chi connectivity index (χ0n) is 10.6. The van der Waals surface area contributed by atoms with Crippen molar-refractivity contribution in [3.63, 3.8) is 0 Å². The largest absolute Gasteiger partial charge is 0.480 e. The third-order valence-electron chi connectivity index (χ3n) is 2.71. The van der Waals surface area contributed by atoms with E-state index < -0.39 is 29.6 Å². The number of hydrogen-bond acceptors (Lipinski definition) is 3. The minimum absolute atomic E-state index is 0.0289. The van der Waals surface area contributed by atoms with Gasteiger partial charge in [-0.1, -0.05) is 0 Å². The quantitative estimate of drug-likeness (QED) is 0.770. The summed E-state index contributed by atoms with van der Waals surface area (Å²) in [5.41, 5.74) is 0.219. The fraction of sp³-hybridized carbons (Fsp3) is 0.154. The van der Waals surface area contributed by atoms with Crippen LogP contribution >= 0.6 is 0 Å². The SMILES string of the molecule is O=C(NC(Cc1cnc[nH]1)C(=O)O)c1cc(F)cc(F)c1. The molecule has 0 bridgehead atoms. The van der Waals surface area contributed by atoms with Gasteiger partial charge in [-0.3, -0.25) is 4.79 Å². The second-order valence-corrected chi connectivity index (χ2v) is 4.30. The van der Waals surface area contributed by atoms with Gasteiger partial charge < -0.3 is 15.4 Å². The molecule has 0 aliphatic rings. The first-order valence-corrected chi connectivity index (χ1v) is 5.92. The van der Waals surface area contributed by atoms with Crippen molar-refractivity contribution >= 4 is 11.9 Å². The molecule has 1 heterocycles. The number of carbonyl (C=O) groups is 2. The van der Waals surface area contributed by atoms with Gasteiger partial charge >= 0.3 is 5.97 Å². The highest BCUT2D eigenvalue weighted by Gasteiger charge is 2.22. The fourth-order valence-electron chi connectivity index (χ4n) is 1.74. The Balaban J connectivity index is 2.12. The van der Waals surface area contributed by atoms with Crippen LogP contribution in [-0.2, 0) is 11.2 Å². The van der Waals surface area contributed by atoms with Gasteiger partial charge in [0, 0.05) is 29.9 Å². The van der Waals surface area contributed by atoms with E-state index in [-0.39, 0.29) is 12.0 Å². The number of H-pyrrole nitrogens is 1. The van der Waals surface area contributed by atoms with Crippen LogP contribution in [-0.4, -0.2) is 33.0 Å². The van der Waals surface area contributed by atoms with E-state index in [1.807, 2.05) is 0 Å². The summed E-state index contributed by atoms with van der Waals surface area (Å²) >= 11 is 0. The van der Waals surface area contributed by atoms with Crippen molar-refractivity contribution in [3.05, 3.63) is 53.6 Å². The third-order valence-corrected chi connectivity index (χ3v) is 2.71. The van der Waals surface area contributed by atoms with Gasteiger partial charge in [0.15, 0.2) is 0 Å². The van der Waals surface area contributed by atoms with E-state index in [0.717, 1.165) is 12.1 Å². The molecule has 0 saturated heterocycles. The Bertz CT molecular complexity index is 638. The van der Waals surface area contributed by atoms with Crippen LogP contribution in [0, 0.1) is 11.6 Å². The first kappa shape index (κ1) is 14.6. The molecule has 8 heteroatoms. The molecule has 1 amide bonds. The average molecular weight is 295 g/mol. The van der Waals surface area contributed by atoms with Crippen molar-refractivity contribution in [2.75, 3.05) is 0 Å². The number of nitrogens with one attached hydrogen (secondary N) is 2. The molecule has 0 aliphatic carbocycles. The summed E-state index contributed by atoms with van der Waals surface area (Å²) in [5, 5.41) is 11.3. The Kier molecular flexibility index (Phi) is 4.27. The standard InChI is InChI=1S/C13H11F2N3O3/c14-8-1-7(2-9(15)3-8)12(19)18-11(13(20)21)4-10-5-16-6-17-10/h1-3,5-6,11H,4H2,(H,16,17)(H,18,19)(H,20,21). The second kappa shape index (κ2) is 6.12. The number of aromatic nitrogens is 2. The molecule has 110 valence electrons. The Morgan fingerprint density at radius 3 is 2.48 bits per heavy atom. The molecule has 1 aromatic carbocycles. The van der Waals surface area contributed by atoms with Crippen LogP contribution in [0.2, 0.25) is 0 Å². The number of benzene rings is 1. The molecular weight excluding hydrogens is 284 g/mol. The van der Waals surface area contributed by atoms with Crippen molar-refractivity contribution in [3.8, 4) is 0 Å². The number of carboxylic acids is 1. The molecule has 0 fully saturated rings. The van der Waals surface area contributed by atoms with Gasteiger partial charge in [0.05, 0.1) is 6.33 Å². The molecule has 2 rings (SSSR count). The first-order valence-electron chi connectivity index (χ1n) is 5.92. The molecule has 1 unspecified atom stereocenters. The van der Waals surface area contributed by atoms with E-state index in [0.29, 0.717) is 11.8 Å². The number of rotatable bonds is 5. The lowest BCUT2D eigenvalue weighted by Gasteiger charge is -2.13. The Morgan fingerprint density at radius 2 is 1.95 bits per heavy atom. The van der Waals surface area contributed by atoms with E-state index in [4.69, 9.17) is 5.11 Å². The topological polar surface area (TPSA) is 95.1 Å². The highest BCUT2D eigenvalue weighted by Crippen LogP contribution is 2.09. The maximum Gasteiger partial charge on any atom is 0.326 e. The van der Waals surface area contributed by atoms with Gasteiger partial charge in [-0.25, -0.2) is 18.6 Å². The molecule has 1 aromatic heterocycles. The van der Waals surface area contributed by atoms with Gasteiger partial charge in [-0.05, 0) is 12.1 Å². The van der Waals surface area contributed by atoms with E-state index in [2.05, 4.69) is 15.3 Å². The molecule has 3 N–H and O–H groups in total. The third kappa shape index (κ3) is 3.85. The molecule has 1 atom stereocenters. The van der Waals surface area contributed by atoms with Gasteiger partial charge in [-0.2, -0.15) is 0 Å². The summed E-state index contributed by atoms with van der Waals surface area (Å²) in [4.78, 5) is 29.4. The highest BCUT2D eigenvalue weighted by atomic mass is 19.1. The smallest absolute Gasteiger partial charge is 0.326 e. The first-order chi connectivity index (χ1) is 9.95. The molecule has 2 aromatic rings. The van der Waals surface area contributed by atoms with Crippen molar-refractivity contribution in [2.45, 2.75) is 12.5 Å². The zero-order valence-corrected chi connectivity index (χ0v) is 10.6. The van der Waals surface area contributed by atoms with Crippen molar-refractivity contribution in [2.24, 2.45) is 0 Å². The van der Waals surface area contributed by atoms with Crippen molar-refractivity contribution < 1.29 is 23.5 Å². The lowest BCUT2D eigenvalue weighted by atomic mass is 10.1. The van der Waals surface area contributed by atoms with Crippen LogP contribution < -0.4 is 5.32 Å². The number of aliphatic carboxylic acids is 1. The molecule has 0 aliphatic heterocycles. The van der Waals surface area contributed by atoms with Crippen molar-refractivity contribution in [1.29, 1.82) is 0 Å². The second-order valence-electron chi connectivity index (χ2n) is 4.30. The van der Waals surface area contributed by atoms with Gasteiger partial charge in [0.25, 0.3) is 5.91 Å². The van der Waals surface area contributed by atoms with Crippen LogP contribution in [0.25, 0.3) is 0 Å². The van der Waals surface area contributed by atoms with Crippen LogP contribution in [0.15, 0.2) is 30.7 Å². The summed E-state index contributed by atoms with van der Waals surface area (Å²) in [6.07, 6.45) is 2.76. The number of carboxylic acid groups (broad SMARTS) is 1. The van der Waals surface area contributed by atoms with Crippen LogP contribution in [0.4, 0.5) is 8.78 Å². The lowest BCUT2D eigenvalue weighted by molar-refractivity contribution is -0.139. The highest BCUT2D eigenvalue weighted by molar-refractivity contribution is 5.96. The molecule has 0 saturated carbocycles. The number of amides is 1. The van der Waals surface area contributed by atoms with E-state index in [1.165, 1.54) is 12.5 Å². The summed E-state index contributed by atoms with van der Waals surface area (Å²) in [7, 11) is 0. The van der Waals surface area contributed by atoms with Crippen molar-refractivity contribution in [1.82, 2.24) is 15.3 Å². The zero-order chi connectivity index (χ0) is 15.4. The number of halogens is 2. The fourth-order valence-corrected chi connectivity index (χ4v) is 1.74. The Morgan fingerprint density at radius 1 is 1.29 bits per heavy atom. The minimum Gasteiger partial charge on any atom is -0.480 e. The molecule has 0 spiro atoms. The Labute approximate surface area is 117 Å². The maximum absolute atomic E-state index is 13.0. The van der Waals surface area contributed by atoms with E-state index >= 15 is 0 Å². The van der Waals surface area contributed by atoms with Crippen LogP contribution in [0.3, 0.4) is 0 Å². The van der Waals surface area contributed by atoms with Gasteiger partial charge in [0.1, 0.15) is 17.7 Å². The predicted octanol–water partition coefficient (Wildman–Crippen LogP) is 1.11. The van der Waals surface area contributed by atoms with Gasteiger partial charge in [0.2, 0.25) is 0 Å². The predicted molar refractivity (Wildman–Crippen MR) is 67.5 cm³/mol. The minimum atomic E-state index is -1.27. The number of hydrogen-bond donors (Lipinski definition) is 3. The summed E-state index contributed by atoms with van der Waals surface area (Å²) in [6.45, 7) is 0. The summed E-state index contributed by atoms with van der Waals surface area (Å²) in [5.74, 6) is -3.98. The molecule has 21 heavy (non-hydrogen) atoms. The van der Waals surface area contributed by atoms with Gasteiger partial charge in [-0.15, -0.1) is 0 Å². The number of imidazole rings is 1. The van der Waals surface area contributed by atoms with E-state index in [1.54, 1.807) is 0 Å². The lowest BCUT2D eigenvalue weighted by Crippen LogP contribution is -2.42. The maximum atomic E-state index is 13.0. The number of aromatic amines is 1. The molecule has 6 nitrogen and oxygen atoms in total. The normalized spacial score (nSPS) is 11.9. The van der Waals surface area contributed by atoms with Crippen LogP contribution in [0.5, 0.6) is 0 Å². The molecule has 0 radical (unpaired) electrons. The average Bonchev–Trinajstić information content (AvgIpc) is 2.89. The Hall–Kier alpha value is -2.77.